The van der Waals surface area contributed by atoms with Crippen LogP contribution in [0.4, 0.5) is 0 Å². The van der Waals surface area contributed by atoms with Gasteiger partial charge >= 0.3 is 0 Å². The third kappa shape index (κ3) is 4.40. The molecule has 1 radical (unpaired) electrons. The first-order valence-electron chi connectivity index (χ1n) is 3.65. The summed E-state index contributed by atoms with van der Waals surface area (Å²) in [7, 11) is 1.69. The van der Waals surface area contributed by atoms with Crippen LogP contribution in [0.5, 0.6) is 0 Å². The van der Waals surface area contributed by atoms with Gasteiger partial charge in [0.05, 0.1) is 0 Å². The summed E-state index contributed by atoms with van der Waals surface area (Å²) in [4.78, 5) is 0. The van der Waals surface area contributed by atoms with Crippen molar-refractivity contribution in [3.63, 3.8) is 0 Å². The molecule has 0 amide bonds. The SMILES string of the molecule is C#C[C](CCC)CCOC. The molecule has 0 saturated carbocycles. The summed E-state index contributed by atoms with van der Waals surface area (Å²) < 4.78 is 4.90. The van der Waals surface area contributed by atoms with Crippen LogP contribution in [0, 0.1) is 18.3 Å². The zero-order valence-electron chi connectivity index (χ0n) is 6.81. The van der Waals surface area contributed by atoms with E-state index < -0.39 is 0 Å². The van der Waals surface area contributed by atoms with E-state index in [4.69, 9.17) is 11.2 Å². The lowest BCUT2D eigenvalue weighted by Gasteiger charge is -2.05. The van der Waals surface area contributed by atoms with Gasteiger partial charge in [0.15, 0.2) is 0 Å². The van der Waals surface area contributed by atoms with Crippen molar-refractivity contribution < 1.29 is 4.74 Å². The van der Waals surface area contributed by atoms with E-state index in [1.54, 1.807) is 7.11 Å². The molecule has 0 atom stereocenters. The maximum atomic E-state index is 5.26. The molecular weight excluding hydrogens is 124 g/mol. The summed E-state index contributed by atoms with van der Waals surface area (Å²) >= 11 is 0. The van der Waals surface area contributed by atoms with Crippen molar-refractivity contribution in [1.82, 2.24) is 0 Å². The van der Waals surface area contributed by atoms with Crippen LogP contribution in [-0.4, -0.2) is 13.7 Å². The Hall–Kier alpha value is -0.480. The Morgan fingerprint density at radius 2 is 2.20 bits per heavy atom. The third-order valence-corrected chi connectivity index (χ3v) is 1.36. The van der Waals surface area contributed by atoms with Gasteiger partial charge in [-0.1, -0.05) is 19.3 Å². The molecule has 0 rings (SSSR count). The lowest BCUT2D eigenvalue weighted by molar-refractivity contribution is 0.198. The highest BCUT2D eigenvalue weighted by Gasteiger charge is 2.02. The maximum Gasteiger partial charge on any atom is 0.0499 e. The summed E-state index contributed by atoms with van der Waals surface area (Å²) in [6, 6.07) is 0. The van der Waals surface area contributed by atoms with Crippen LogP contribution in [0.2, 0.25) is 0 Å². The van der Waals surface area contributed by atoms with Crippen molar-refractivity contribution in [2.24, 2.45) is 0 Å². The van der Waals surface area contributed by atoms with Crippen molar-refractivity contribution in [2.75, 3.05) is 13.7 Å². The van der Waals surface area contributed by atoms with E-state index in [0.717, 1.165) is 25.9 Å². The summed E-state index contributed by atoms with van der Waals surface area (Å²) in [5.41, 5.74) is 0. The lowest BCUT2D eigenvalue weighted by atomic mass is 10.0. The molecule has 0 aromatic carbocycles. The molecule has 0 N–H and O–H groups in total. The van der Waals surface area contributed by atoms with Crippen LogP contribution in [0.3, 0.4) is 0 Å². The van der Waals surface area contributed by atoms with Crippen molar-refractivity contribution >= 4 is 0 Å². The fourth-order valence-electron chi connectivity index (χ4n) is 0.796. The van der Waals surface area contributed by atoms with Crippen LogP contribution in [0.15, 0.2) is 0 Å². The zero-order valence-corrected chi connectivity index (χ0v) is 6.81. The Bertz CT molecular complexity index is 102. The van der Waals surface area contributed by atoms with Gasteiger partial charge in [0.2, 0.25) is 0 Å². The van der Waals surface area contributed by atoms with E-state index in [9.17, 15) is 0 Å². The first kappa shape index (κ1) is 9.52. The quantitative estimate of drug-likeness (QED) is 0.529. The molecule has 0 aromatic rings. The van der Waals surface area contributed by atoms with Gasteiger partial charge in [-0.2, -0.15) is 0 Å². The summed E-state index contributed by atoms with van der Waals surface area (Å²) in [6.07, 6.45) is 8.34. The minimum Gasteiger partial charge on any atom is -0.385 e. The van der Waals surface area contributed by atoms with Gasteiger partial charge in [-0.15, -0.1) is 6.42 Å². The van der Waals surface area contributed by atoms with Gasteiger partial charge in [-0.3, -0.25) is 0 Å². The lowest BCUT2D eigenvalue weighted by Crippen LogP contribution is -1.98. The second kappa shape index (κ2) is 6.64. The average molecular weight is 139 g/mol. The van der Waals surface area contributed by atoms with E-state index in [1.165, 1.54) is 5.92 Å². The van der Waals surface area contributed by atoms with Crippen LogP contribution in [0.1, 0.15) is 26.2 Å². The van der Waals surface area contributed by atoms with Crippen LogP contribution in [-0.2, 0) is 4.74 Å². The van der Waals surface area contributed by atoms with Gasteiger partial charge < -0.3 is 4.74 Å². The molecule has 0 saturated heterocycles. The zero-order chi connectivity index (χ0) is 7.82. The second-order valence-corrected chi connectivity index (χ2v) is 2.24. The normalized spacial score (nSPS) is 9.80. The molecule has 0 aliphatic heterocycles. The molecule has 0 spiro atoms. The molecule has 10 heavy (non-hydrogen) atoms. The fraction of sp³-hybridized carbons (Fsp3) is 0.667. The van der Waals surface area contributed by atoms with Gasteiger partial charge in [0, 0.05) is 19.6 Å². The number of methoxy groups -OCH3 is 1. The van der Waals surface area contributed by atoms with Crippen molar-refractivity contribution in [1.29, 1.82) is 0 Å². The van der Waals surface area contributed by atoms with Gasteiger partial charge in [0.1, 0.15) is 0 Å². The first-order valence-corrected chi connectivity index (χ1v) is 3.65. The summed E-state index contributed by atoms with van der Waals surface area (Å²) in [5.74, 6) is 3.85. The van der Waals surface area contributed by atoms with Crippen LogP contribution < -0.4 is 0 Å². The largest absolute Gasteiger partial charge is 0.385 e. The Labute approximate surface area is 63.8 Å². The smallest absolute Gasteiger partial charge is 0.0499 e. The molecule has 1 heteroatoms. The molecule has 0 fully saturated rings. The van der Waals surface area contributed by atoms with Gasteiger partial charge in [0.25, 0.3) is 0 Å². The minimum atomic E-state index is 0.750. The Morgan fingerprint density at radius 3 is 2.60 bits per heavy atom. The Kier molecular flexibility index (Phi) is 6.32. The Balaban J connectivity index is 3.33. The molecule has 0 unspecified atom stereocenters. The summed E-state index contributed by atoms with van der Waals surface area (Å²) in [5, 5.41) is 0. The molecule has 0 aliphatic carbocycles. The number of hydrogen-bond donors (Lipinski definition) is 0. The maximum absolute atomic E-state index is 5.26. The number of hydrogen-bond acceptors (Lipinski definition) is 1. The predicted octanol–water partition coefficient (Wildman–Crippen LogP) is 2.03. The van der Waals surface area contributed by atoms with E-state index >= 15 is 0 Å². The van der Waals surface area contributed by atoms with E-state index in [-0.39, 0.29) is 0 Å². The molecule has 0 heterocycles. The molecular formula is C9H15O. The van der Waals surface area contributed by atoms with E-state index in [1.807, 2.05) is 0 Å². The predicted molar refractivity (Wildman–Crippen MR) is 43.5 cm³/mol. The number of terminal acetylenes is 1. The standard InChI is InChI=1S/C9H15O/c1-4-6-9(5-2)7-8-10-3/h2H,4,6-8H2,1,3H3. The molecule has 57 valence electrons. The molecule has 0 aliphatic rings. The minimum absolute atomic E-state index is 0.750. The topological polar surface area (TPSA) is 9.23 Å². The number of rotatable bonds is 5. The average Bonchev–Trinajstić information content (AvgIpc) is 1.98. The fourth-order valence-corrected chi connectivity index (χ4v) is 0.796. The third-order valence-electron chi connectivity index (χ3n) is 1.36. The van der Waals surface area contributed by atoms with Gasteiger partial charge in [-0.25, -0.2) is 0 Å². The van der Waals surface area contributed by atoms with Crippen molar-refractivity contribution in [3.05, 3.63) is 5.92 Å². The second-order valence-electron chi connectivity index (χ2n) is 2.24. The summed E-state index contributed by atoms with van der Waals surface area (Å²) in [6.45, 7) is 2.88. The van der Waals surface area contributed by atoms with E-state index in [0.29, 0.717) is 0 Å². The van der Waals surface area contributed by atoms with E-state index in [2.05, 4.69) is 12.8 Å². The monoisotopic (exact) mass is 139 g/mol. The highest BCUT2D eigenvalue weighted by molar-refractivity contribution is 5.16. The highest BCUT2D eigenvalue weighted by atomic mass is 16.5. The molecule has 1 nitrogen and oxygen atoms in total. The molecule has 0 bridgehead atoms. The van der Waals surface area contributed by atoms with Crippen molar-refractivity contribution in [2.45, 2.75) is 26.2 Å². The molecule has 0 aromatic heterocycles. The number of ether oxygens (including phenoxy) is 1. The van der Waals surface area contributed by atoms with Gasteiger partial charge in [-0.05, 0) is 12.8 Å². The van der Waals surface area contributed by atoms with Crippen LogP contribution >= 0.6 is 0 Å². The van der Waals surface area contributed by atoms with Crippen molar-refractivity contribution in [3.8, 4) is 12.3 Å². The Morgan fingerprint density at radius 1 is 1.50 bits per heavy atom. The first-order chi connectivity index (χ1) is 4.85. The van der Waals surface area contributed by atoms with Crippen LogP contribution in [0.25, 0.3) is 0 Å². The highest BCUT2D eigenvalue weighted by Crippen LogP contribution is 2.11.